The van der Waals surface area contributed by atoms with Gasteiger partial charge in [-0.1, -0.05) is 0 Å². The van der Waals surface area contributed by atoms with Crippen LogP contribution in [0.4, 0.5) is 21.9 Å². The van der Waals surface area contributed by atoms with Crippen LogP contribution in [0.3, 0.4) is 0 Å². The van der Waals surface area contributed by atoms with Gasteiger partial charge in [0.05, 0.1) is 19.1 Å². The van der Waals surface area contributed by atoms with Gasteiger partial charge in [-0.2, -0.15) is 0 Å². The van der Waals surface area contributed by atoms with Crippen molar-refractivity contribution in [2.75, 3.05) is 24.9 Å². The Labute approximate surface area is 132 Å². The number of nitrogens with one attached hydrogen (secondary N) is 2. The van der Waals surface area contributed by atoms with Crippen LogP contribution in [-0.2, 0) is 0 Å². The van der Waals surface area contributed by atoms with Gasteiger partial charge in [-0.3, -0.25) is 10.1 Å². The molecule has 2 N–H and O–H groups in total. The predicted molar refractivity (Wildman–Crippen MR) is 85.3 cm³/mol. The number of anilines is 2. The van der Waals surface area contributed by atoms with Gasteiger partial charge in [0, 0.05) is 41.7 Å². The van der Waals surface area contributed by atoms with E-state index in [0.29, 0.717) is 22.9 Å². The lowest BCUT2D eigenvalue weighted by atomic mass is 10.2. The maximum absolute atomic E-state index is 12.0. The molecule has 0 bridgehead atoms. The van der Waals surface area contributed by atoms with Gasteiger partial charge < -0.3 is 20.1 Å². The summed E-state index contributed by atoms with van der Waals surface area (Å²) in [5, 5.41) is 15.8. The lowest BCUT2D eigenvalue weighted by Crippen LogP contribution is -2.19. The number of non-ortho nitro benzene ring substituents is 1. The van der Waals surface area contributed by atoms with Crippen molar-refractivity contribution in [3.8, 4) is 11.5 Å². The summed E-state index contributed by atoms with van der Waals surface area (Å²) in [5.74, 6) is 1.07. The molecule has 8 nitrogen and oxygen atoms in total. The number of carbonyl (C=O) groups is 1. The summed E-state index contributed by atoms with van der Waals surface area (Å²) in [6.07, 6.45) is 0. The quantitative estimate of drug-likeness (QED) is 0.651. The standard InChI is InChI=1S/C15H15N3O5/c1-22-13-7-11(8-14(9-13)23-2)17-15(19)16-10-3-5-12(6-4-10)18(20)21/h3-9H,1-2H3,(H2,16,17,19). The number of rotatable bonds is 5. The van der Waals surface area contributed by atoms with Gasteiger partial charge in [0.1, 0.15) is 11.5 Å². The van der Waals surface area contributed by atoms with E-state index < -0.39 is 11.0 Å². The maximum atomic E-state index is 12.0. The zero-order valence-electron chi connectivity index (χ0n) is 12.5. The number of ether oxygens (including phenoxy) is 2. The Morgan fingerprint density at radius 2 is 1.48 bits per heavy atom. The fraction of sp³-hybridized carbons (Fsp3) is 0.133. The highest BCUT2D eigenvalue weighted by molar-refractivity contribution is 6.00. The van der Waals surface area contributed by atoms with E-state index in [-0.39, 0.29) is 5.69 Å². The monoisotopic (exact) mass is 317 g/mol. The third-order valence-electron chi connectivity index (χ3n) is 2.95. The summed E-state index contributed by atoms with van der Waals surface area (Å²) < 4.78 is 10.2. The lowest BCUT2D eigenvalue weighted by molar-refractivity contribution is -0.384. The normalized spacial score (nSPS) is 9.83. The van der Waals surface area contributed by atoms with Crippen molar-refractivity contribution >= 4 is 23.1 Å². The fourth-order valence-corrected chi connectivity index (χ4v) is 1.84. The van der Waals surface area contributed by atoms with E-state index in [0.717, 1.165) is 0 Å². The molecule has 0 radical (unpaired) electrons. The fourth-order valence-electron chi connectivity index (χ4n) is 1.84. The molecule has 0 aliphatic heterocycles. The minimum atomic E-state index is -0.508. The Morgan fingerprint density at radius 3 is 1.96 bits per heavy atom. The van der Waals surface area contributed by atoms with E-state index in [2.05, 4.69) is 10.6 Å². The van der Waals surface area contributed by atoms with Crippen LogP contribution in [0.25, 0.3) is 0 Å². The molecule has 23 heavy (non-hydrogen) atoms. The number of carbonyl (C=O) groups excluding carboxylic acids is 1. The molecule has 0 heterocycles. The van der Waals surface area contributed by atoms with E-state index in [1.807, 2.05) is 0 Å². The molecule has 0 saturated carbocycles. The minimum absolute atomic E-state index is 0.0477. The second-order valence-electron chi connectivity index (χ2n) is 4.48. The van der Waals surface area contributed by atoms with Gasteiger partial charge >= 0.3 is 6.03 Å². The lowest BCUT2D eigenvalue weighted by Gasteiger charge is -2.10. The van der Waals surface area contributed by atoms with Crippen molar-refractivity contribution in [3.63, 3.8) is 0 Å². The molecule has 120 valence electrons. The first kappa shape index (κ1) is 16.1. The molecule has 2 amide bonds. The van der Waals surface area contributed by atoms with Crippen LogP contribution in [0.2, 0.25) is 0 Å². The summed E-state index contributed by atoms with van der Waals surface area (Å²) in [5.41, 5.74) is 0.872. The Bertz CT molecular complexity index is 693. The molecule has 0 unspecified atom stereocenters. The van der Waals surface area contributed by atoms with Crippen molar-refractivity contribution in [1.82, 2.24) is 0 Å². The molecule has 0 spiro atoms. The first-order valence-electron chi connectivity index (χ1n) is 6.57. The summed E-state index contributed by atoms with van der Waals surface area (Å²) in [4.78, 5) is 22.0. The molecule has 2 aromatic rings. The Morgan fingerprint density at radius 1 is 0.957 bits per heavy atom. The van der Waals surface area contributed by atoms with Gasteiger partial charge in [0.25, 0.3) is 5.69 Å². The van der Waals surface area contributed by atoms with E-state index in [9.17, 15) is 14.9 Å². The molecule has 8 heteroatoms. The summed E-state index contributed by atoms with van der Waals surface area (Å²) >= 11 is 0. The van der Waals surface area contributed by atoms with Crippen molar-refractivity contribution in [2.45, 2.75) is 0 Å². The van der Waals surface area contributed by atoms with Crippen LogP contribution in [0.5, 0.6) is 11.5 Å². The van der Waals surface area contributed by atoms with Crippen molar-refractivity contribution < 1.29 is 19.2 Å². The molecule has 0 aromatic heterocycles. The summed E-state index contributed by atoms with van der Waals surface area (Å²) in [7, 11) is 3.02. The Hall–Kier alpha value is -3.29. The average molecular weight is 317 g/mol. The maximum Gasteiger partial charge on any atom is 0.323 e. The number of nitrogens with zero attached hydrogens (tertiary/aromatic N) is 1. The molecule has 0 atom stereocenters. The number of hydrogen-bond acceptors (Lipinski definition) is 5. The number of methoxy groups -OCH3 is 2. The van der Waals surface area contributed by atoms with Gasteiger partial charge in [-0.25, -0.2) is 4.79 Å². The van der Waals surface area contributed by atoms with Crippen molar-refractivity contribution in [2.24, 2.45) is 0 Å². The topological polar surface area (TPSA) is 103 Å². The number of nitro groups is 1. The molecule has 0 fully saturated rings. The van der Waals surface area contributed by atoms with Crippen LogP contribution in [-0.4, -0.2) is 25.2 Å². The third kappa shape index (κ3) is 4.34. The molecule has 2 aromatic carbocycles. The first-order chi connectivity index (χ1) is 11.0. The summed E-state index contributed by atoms with van der Waals surface area (Å²) in [6, 6.07) is 9.98. The van der Waals surface area contributed by atoms with Gasteiger partial charge in [0.15, 0.2) is 0 Å². The number of nitro benzene ring substituents is 1. The summed E-state index contributed by atoms with van der Waals surface area (Å²) in [6.45, 7) is 0. The van der Waals surface area contributed by atoms with Gasteiger partial charge in [-0.05, 0) is 12.1 Å². The van der Waals surface area contributed by atoms with Crippen LogP contribution in [0.15, 0.2) is 42.5 Å². The molecule has 2 rings (SSSR count). The van der Waals surface area contributed by atoms with E-state index in [1.54, 1.807) is 18.2 Å². The average Bonchev–Trinajstić information content (AvgIpc) is 2.54. The molecule has 0 aliphatic rings. The zero-order chi connectivity index (χ0) is 16.8. The van der Waals surface area contributed by atoms with E-state index in [1.165, 1.54) is 38.5 Å². The minimum Gasteiger partial charge on any atom is -0.497 e. The zero-order valence-corrected chi connectivity index (χ0v) is 12.5. The third-order valence-corrected chi connectivity index (χ3v) is 2.95. The van der Waals surface area contributed by atoms with Crippen molar-refractivity contribution in [1.29, 1.82) is 0 Å². The Kier molecular flexibility index (Phi) is 4.98. The van der Waals surface area contributed by atoms with Crippen molar-refractivity contribution in [3.05, 3.63) is 52.6 Å². The van der Waals surface area contributed by atoms with Gasteiger partial charge in [0.2, 0.25) is 0 Å². The first-order valence-corrected chi connectivity index (χ1v) is 6.57. The molecule has 0 aliphatic carbocycles. The highest BCUT2D eigenvalue weighted by Gasteiger charge is 2.08. The van der Waals surface area contributed by atoms with Crippen LogP contribution < -0.4 is 20.1 Å². The second kappa shape index (κ2) is 7.12. The molecular formula is C15H15N3O5. The SMILES string of the molecule is COc1cc(NC(=O)Nc2ccc([N+](=O)[O-])cc2)cc(OC)c1. The van der Waals surface area contributed by atoms with E-state index >= 15 is 0 Å². The van der Waals surface area contributed by atoms with Crippen LogP contribution >= 0.6 is 0 Å². The highest BCUT2D eigenvalue weighted by atomic mass is 16.6. The van der Waals surface area contributed by atoms with Crippen LogP contribution in [0.1, 0.15) is 0 Å². The smallest absolute Gasteiger partial charge is 0.323 e. The molecule has 0 saturated heterocycles. The Balaban J connectivity index is 2.05. The molecular weight excluding hydrogens is 302 g/mol. The second-order valence-corrected chi connectivity index (χ2v) is 4.48. The van der Waals surface area contributed by atoms with Crippen LogP contribution in [0, 0.1) is 10.1 Å². The number of hydrogen-bond donors (Lipinski definition) is 2. The number of urea groups is 1. The predicted octanol–water partition coefficient (Wildman–Crippen LogP) is 3.26. The highest BCUT2D eigenvalue weighted by Crippen LogP contribution is 2.26. The number of benzene rings is 2. The van der Waals surface area contributed by atoms with Gasteiger partial charge in [-0.15, -0.1) is 0 Å². The number of amides is 2. The van der Waals surface area contributed by atoms with E-state index in [4.69, 9.17) is 9.47 Å². The largest absolute Gasteiger partial charge is 0.497 e.